The first-order valence-electron chi connectivity index (χ1n) is 9.53. The normalized spacial score (nSPS) is 22.5. The average molecular weight is 466 g/mol. The molecule has 0 amide bonds. The van der Waals surface area contributed by atoms with E-state index in [4.69, 9.17) is 11.6 Å². The van der Waals surface area contributed by atoms with Gasteiger partial charge in [-0.3, -0.25) is 4.79 Å². The van der Waals surface area contributed by atoms with Gasteiger partial charge in [-0.25, -0.2) is 8.42 Å². The monoisotopic (exact) mass is 465 g/mol. The number of thioether (sulfide) groups is 1. The Labute approximate surface area is 186 Å². The molecular weight excluding hydrogens is 442 g/mol. The molecule has 0 spiro atoms. The maximum Gasteiger partial charge on any atom is 0.308 e. The number of carboxylic acid groups (broad SMARTS) is 1. The van der Waals surface area contributed by atoms with E-state index in [9.17, 15) is 18.3 Å². The molecule has 0 saturated carbocycles. The Balaban J connectivity index is 2.05. The van der Waals surface area contributed by atoms with Crippen LogP contribution in [0, 0.1) is 12.8 Å². The molecule has 0 aromatic heterocycles. The average Bonchev–Trinajstić information content (AvgIpc) is 2.72. The van der Waals surface area contributed by atoms with E-state index in [0.717, 1.165) is 11.1 Å². The van der Waals surface area contributed by atoms with Crippen molar-refractivity contribution in [2.45, 2.75) is 29.5 Å². The van der Waals surface area contributed by atoms with Gasteiger partial charge in [0.05, 0.1) is 16.9 Å². The third-order valence-electron chi connectivity index (χ3n) is 5.26. The van der Waals surface area contributed by atoms with Crippen molar-refractivity contribution in [2.24, 2.45) is 5.92 Å². The minimum Gasteiger partial charge on any atom is -0.481 e. The maximum absolute atomic E-state index is 13.5. The van der Waals surface area contributed by atoms with Crippen molar-refractivity contribution in [3.8, 4) is 0 Å². The van der Waals surface area contributed by atoms with E-state index < -0.39 is 28.0 Å². The number of benzene rings is 2. The van der Waals surface area contributed by atoms with Gasteiger partial charge in [-0.2, -0.15) is 16.1 Å². The summed E-state index contributed by atoms with van der Waals surface area (Å²) in [6.07, 6.45) is 2.15. The number of hydrogen-bond donors (Lipinski definition) is 1. The second kappa shape index (κ2) is 9.56. The summed E-state index contributed by atoms with van der Waals surface area (Å²) in [5.41, 5.74) is 1.92. The molecule has 1 fully saturated rings. The first-order chi connectivity index (χ1) is 14.2. The van der Waals surface area contributed by atoms with Gasteiger partial charge in [-0.1, -0.05) is 47.5 Å². The molecular formula is C22H24ClNO4S2. The van der Waals surface area contributed by atoms with Crippen LogP contribution in [0.2, 0.25) is 5.02 Å². The number of nitrogens with zero attached hydrogens (tertiary/aromatic N) is 1. The van der Waals surface area contributed by atoms with Crippen LogP contribution in [0.4, 0.5) is 0 Å². The quantitative estimate of drug-likeness (QED) is 0.596. The molecule has 0 unspecified atom stereocenters. The number of halogens is 1. The Morgan fingerprint density at radius 1 is 1.23 bits per heavy atom. The number of carboxylic acids is 1. The molecule has 8 heteroatoms. The van der Waals surface area contributed by atoms with Crippen LogP contribution in [0.25, 0.3) is 0 Å². The lowest BCUT2D eigenvalue weighted by Crippen LogP contribution is -2.49. The Kier molecular flexibility index (Phi) is 7.29. The second-order valence-corrected chi connectivity index (χ2v) is 10.9. The number of hydrogen-bond acceptors (Lipinski definition) is 4. The predicted molar refractivity (Wildman–Crippen MR) is 121 cm³/mol. The van der Waals surface area contributed by atoms with Crippen molar-refractivity contribution in [3.63, 3.8) is 0 Å². The summed E-state index contributed by atoms with van der Waals surface area (Å²) in [4.78, 5) is 12.1. The molecule has 2 aromatic rings. The summed E-state index contributed by atoms with van der Waals surface area (Å²) in [5, 5.41) is 10.0. The molecule has 2 aromatic carbocycles. The zero-order chi connectivity index (χ0) is 21.9. The lowest BCUT2D eigenvalue weighted by molar-refractivity contribution is -0.143. The Morgan fingerprint density at radius 3 is 2.43 bits per heavy atom. The van der Waals surface area contributed by atoms with Crippen molar-refractivity contribution in [1.82, 2.24) is 4.31 Å². The molecule has 0 bridgehead atoms. The molecule has 0 aliphatic carbocycles. The highest BCUT2D eigenvalue weighted by atomic mass is 35.5. The molecule has 1 aliphatic heterocycles. The summed E-state index contributed by atoms with van der Waals surface area (Å²) in [7, 11) is -3.91. The van der Waals surface area contributed by atoms with Gasteiger partial charge in [0.15, 0.2) is 0 Å². The van der Waals surface area contributed by atoms with Crippen LogP contribution in [-0.2, 0) is 14.8 Å². The van der Waals surface area contributed by atoms with Gasteiger partial charge < -0.3 is 5.11 Å². The molecule has 0 radical (unpaired) electrons. The van der Waals surface area contributed by atoms with E-state index in [1.54, 1.807) is 6.08 Å². The van der Waals surface area contributed by atoms with Crippen LogP contribution in [-0.4, -0.2) is 41.3 Å². The largest absolute Gasteiger partial charge is 0.481 e. The van der Waals surface area contributed by atoms with E-state index in [1.165, 1.54) is 40.3 Å². The van der Waals surface area contributed by atoms with Gasteiger partial charge in [0.1, 0.15) is 0 Å². The third kappa shape index (κ3) is 4.91. The minimum absolute atomic E-state index is 0.0896. The maximum atomic E-state index is 13.5. The standard InChI is InChI=1S/C22H24ClNO4S2/c1-3-12-29-21-13-20(16-6-4-15(2)5-7-16)24(14-19(21)22(25)26)30(27,28)18-10-8-17(23)9-11-18/h3-11,19-21H,1,12-14H2,2H3,(H,25,26)/t19-,20+,21-/m1/s1. The van der Waals surface area contributed by atoms with Crippen molar-refractivity contribution < 1.29 is 18.3 Å². The summed E-state index contributed by atoms with van der Waals surface area (Å²) < 4.78 is 28.3. The van der Waals surface area contributed by atoms with Gasteiger partial charge in [0, 0.05) is 22.6 Å². The number of aryl methyl sites for hydroxylation is 1. The molecule has 3 atom stereocenters. The number of piperidine rings is 1. The highest BCUT2D eigenvalue weighted by Crippen LogP contribution is 2.42. The molecule has 1 N–H and O–H groups in total. The number of aliphatic carboxylic acids is 1. The van der Waals surface area contributed by atoms with Crippen LogP contribution >= 0.6 is 23.4 Å². The summed E-state index contributed by atoms with van der Waals surface area (Å²) in [6, 6.07) is 13.2. The fourth-order valence-corrected chi connectivity index (χ4v) is 6.56. The zero-order valence-corrected chi connectivity index (χ0v) is 19.0. The van der Waals surface area contributed by atoms with E-state index in [1.807, 2.05) is 31.2 Å². The fraction of sp³-hybridized carbons (Fsp3) is 0.318. The SMILES string of the molecule is C=CCS[C@@H]1C[C@@H](c2ccc(C)cc2)N(S(=O)(=O)c2ccc(Cl)cc2)C[C@H]1C(=O)O. The first kappa shape index (κ1) is 22.9. The van der Waals surface area contributed by atoms with E-state index in [-0.39, 0.29) is 16.7 Å². The second-order valence-electron chi connectivity index (χ2n) is 7.30. The van der Waals surface area contributed by atoms with Gasteiger partial charge in [0.25, 0.3) is 0 Å². The molecule has 160 valence electrons. The van der Waals surface area contributed by atoms with Crippen molar-refractivity contribution in [1.29, 1.82) is 0 Å². The highest BCUT2D eigenvalue weighted by molar-refractivity contribution is 8.00. The first-order valence-corrected chi connectivity index (χ1v) is 12.4. The van der Waals surface area contributed by atoms with Crippen LogP contribution in [0.3, 0.4) is 0 Å². The van der Waals surface area contributed by atoms with E-state index in [2.05, 4.69) is 6.58 Å². The van der Waals surface area contributed by atoms with Crippen LogP contribution < -0.4 is 0 Å². The molecule has 1 aliphatic rings. The summed E-state index contributed by atoms with van der Waals surface area (Å²) in [5.74, 6) is -1.19. The molecule has 1 saturated heterocycles. The lowest BCUT2D eigenvalue weighted by Gasteiger charge is -2.41. The Morgan fingerprint density at radius 2 is 1.87 bits per heavy atom. The van der Waals surface area contributed by atoms with Gasteiger partial charge in [-0.05, 0) is 43.2 Å². The third-order valence-corrected chi connectivity index (χ3v) is 8.77. The van der Waals surface area contributed by atoms with Crippen molar-refractivity contribution in [2.75, 3.05) is 12.3 Å². The predicted octanol–water partition coefficient (Wildman–Crippen LogP) is 4.77. The topological polar surface area (TPSA) is 74.7 Å². The number of sulfonamides is 1. The molecule has 3 rings (SSSR count). The smallest absolute Gasteiger partial charge is 0.308 e. The number of rotatable bonds is 7. The van der Waals surface area contributed by atoms with Gasteiger partial charge in [0.2, 0.25) is 10.0 Å². The van der Waals surface area contributed by atoms with Gasteiger partial charge >= 0.3 is 5.97 Å². The minimum atomic E-state index is -3.91. The molecule has 5 nitrogen and oxygen atoms in total. The van der Waals surface area contributed by atoms with Crippen molar-refractivity contribution in [3.05, 3.63) is 77.3 Å². The Bertz CT molecular complexity index is 1010. The number of carbonyl (C=O) groups is 1. The summed E-state index contributed by atoms with van der Waals surface area (Å²) in [6.45, 7) is 5.60. The van der Waals surface area contributed by atoms with Gasteiger partial charge in [-0.15, -0.1) is 6.58 Å². The Hall–Kier alpha value is -1.80. The lowest BCUT2D eigenvalue weighted by atomic mass is 9.90. The van der Waals surface area contributed by atoms with Crippen LogP contribution in [0.1, 0.15) is 23.6 Å². The van der Waals surface area contributed by atoms with E-state index >= 15 is 0 Å². The van der Waals surface area contributed by atoms with Crippen molar-refractivity contribution >= 4 is 39.4 Å². The molecule has 30 heavy (non-hydrogen) atoms. The van der Waals surface area contributed by atoms with Crippen LogP contribution in [0.15, 0.2) is 66.1 Å². The summed E-state index contributed by atoms with van der Waals surface area (Å²) >= 11 is 7.43. The zero-order valence-electron chi connectivity index (χ0n) is 16.6. The van der Waals surface area contributed by atoms with E-state index in [0.29, 0.717) is 17.2 Å². The molecule has 1 heterocycles. The highest BCUT2D eigenvalue weighted by Gasteiger charge is 2.45. The van der Waals surface area contributed by atoms with Crippen LogP contribution in [0.5, 0.6) is 0 Å². The fourth-order valence-electron chi connectivity index (χ4n) is 3.65.